The first-order valence-corrected chi connectivity index (χ1v) is 6.21. The molecule has 0 spiro atoms. The average Bonchev–Trinajstić information content (AvgIpc) is 2.48. The highest BCUT2D eigenvalue weighted by atomic mass is 16.6. The monoisotopic (exact) mass is 284 g/mol. The van der Waals surface area contributed by atoms with Crippen LogP contribution in [-0.2, 0) is 0 Å². The summed E-state index contributed by atoms with van der Waals surface area (Å²) in [5, 5.41) is 22.8. The van der Waals surface area contributed by atoms with Gasteiger partial charge in [0.25, 0.3) is 5.69 Å². The van der Waals surface area contributed by atoms with Gasteiger partial charge in [-0.15, -0.1) is 0 Å². The van der Waals surface area contributed by atoms with Gasteiger partial charge in [0.15, 0.2) is 0 Å². The van der Waals surface area contributed by atoms with Gasteiger partial charge in [-0.05, 0) is 19.1 Å². The van der Waals surface area contributed by atoms with Gasteiger partial charge >= 0.3 is 0 Å². The standard InChI is InChI=1S/C14H12N4O3/c1-2-16-13-7-11(18(19)20)8-14(17-13)21-12-6-4-3-5-10(12)9-15/h3-8H,2H2,1H3,(H,16,17). The summed E-state index contributed by atoms with van der Waals surface area (Å²) in [6.45, 7) is 2.43. The van der Waals surface area contributed by atoms with Crippen LogP contribution in [0.3, 0.4) is 0 Å². The van der Waals surface area contributed by atoms with Crippen molar-refractivity contribution >= 4 is 11.5 Å². The van der Waals surface area contributed by atoms with Crippen LogP contribution in [0.15, 0.2) is 36.4 Å². The highest BCUT2D eigenvalue weighted by Crippen LogP contribution is 2.28. The van der Waals surface area contributed by atoms with Crippen LogP contribution in [0.5, 0.6) is 11.6 Å². The third-order valence-corrected chi connectivity index (χ3v) is 2.58. The zero-order valence-corrected chi connectivity index (χ0v) is 11.2. The molecular formula is C14H12N4O3. The summed E-state index contributed by atoms with van der Waals surface area (Å²) in [5.41, 5.74) is 0.196. The average molecular weight is 284 g/mol. The number of anilines is 1. The fourth-order valence-corrected chi connectivity index (χ4v) is 1.68. The topological polar surface area (TPSA) is 101 Å². The van der Waals surface area contributed by atoms with Crippen molar-refractivity contribution in [2.75, 3.05) is 11.9 Å². The summed E-state index contributed by atoms with van der Waals surface area (Å²) >= 11 is 0. The number of nitrogens with zero attached hydrogens (tertiary/aromatic N) is 3. The first kappa shape index (κ1) is 14.3. The molecule has 21 heavy (non-hydrogen) atoms. The number of rotatable bonds is 5. The molecule has 1 aromatic carbocycles. The Kier molecular flexibility index (Phi) is 4.31. The second-order valence-corrected chi connectivity index (χ2v) is 4.05. The van der Waals surface area contributed by atoms with Crippen LogP contribution in [0.2, 0.25) is 0 Å². The number of para-hydroxylation sites is 1. The molecule has 0 fully saturated rings. The molecule has 0 aliphatic heterocycles. The second-order valence-electron chi connectivity index (χ2n) is 4.05. The van der Waals surface area contributed by atoms with Crippen molar-refractivity contribution in [3.8, 4) is 17.7 Å². The van der Waals surface area contributed by atoms with E-state index in [0.29, 0.717) is 23.7 Å². The van der Waals surface area contributed by atoms with Crippen molar-refractivity contribution < 1.29 is 9.66 Å². The molecule has 106 valence electrons. The van der Waals surface area contributed by atoms with E-state index in [9.17, 15) is 10.1 Å². The highest BCUT2D eigenvalue weighted by molar-refractivity contribution is 5.50. The van der Waals surface area contributed by atoms with Gasteiger partial charge in [0.05, 0.1) is 22.6 Å². The van der Waals surface area contributed by atoms with Crippen molar-refractivity contribution in [2.45, 2.75) is 6.92 Å². The number of ether oxygens (including phenoxy) is 1. The summed E-state index contributed by atoms with van der Waals surface area (Å²) in [7, 11) is 0. The largest absolute Gasteiger partial charge is 0.437 e. The van der Waals surface area contributed by atoms with E-state index in [2.05, 4.69) is 10.3 Å². The number of nitrogens with one attached hydrogen (secondary N) is 1. The number of nitro groups is 1. The molecule has 0 aliphatic rings. The minimum Gasteiger partial charge on any atom is -0.437 e. The molecule has 0 atom stereocenters. The van der Waals surface area contributed by atoms with Crippen LogP contribution >= 0.6 is 0 Å². The van der Waals surface area contributed by atoms with Crippen molar-refractivity contribution in [1.82, 2.24) is 4.98 Å². The molecule has 2 rings (SSSR count). The van der Waals surface area contributed by atoms with E-state index in [0.717, 1.165) is 0 Å². The molecule has 2 aromatic rings. The summed E-state index contributed by atoms with van der Waals surface area (Å²) in [5.74, 6) is 0.703. The molecule has 1 N–H and O–H groups in total. The van der Waals surface area contributed by atoms with E-state index in [-0.39, 0.29) is 11.6 Å². The van der Waals surface area contributed by atoms with Gasteiger partial charge in [-0.1, -0.05) is 12.1 Å². The number of nitriles is 1. The molecule has 1 aromatic heterocycles. The third-order valence-electron chi connectivity index (χ3n) is 2.58. The Morgan fingerprint density at radius 2 is 2.19 bits per heavy atom. The maximum Gasteiger partial charge on any atom is 0.278 e. The van der Waals surface area contributed by atoms with E-state index in [4.69, 9.17) is 10.00 Å². The normalized spacial score (nSPS) is 9.71. The van der Waals surface area contributed by atoms with Crippen LogP contribution in [0, 0.1) is 21.4 Å². The van der Waals surface area contributed by atoms with E-state index in [1.54, 1.807) is 24.3 Å². The van der Waals surface area contributed by atoms with Crippen molar-refractivity contribution in [2.24, 2.45) is 0 Å². The Hall–Kier alpha value is -3.14. The zero-order chi connectivity index (χ0) is 15.2. The van der Waals surface area contributed by atoms with Gasteiger partial charge in [-0.25, -0.2) is 0 Å². The smallest absolute Gasteiger partial charge is 0.278 e. The number of pyridine rings is 1. The molecule has 0 saturated carbocycles. The Morgan fingerprint density at radius 3 is 2.86 bits per heavy atom. The molecule has 0 bridgehead atoms. The summed E-state index contributed by atoms with van der Waals surface area (Å²) in [6, 6.07) is 11.1. The first-order valence-electron chi connectivity index (χ1n) is 6.21. The molecule has 0 radical (unpaired) electrons. The Bertz CT molecular complexity index is 710. The lowest BCUT2D eigenvalue weighted by Gasteiger charge is -2.08. The SMILES string of the molecule is CCNc1cc([N+](=O)[O-])cc(Oc2ccccc2C#N)n1. The van der Waals surface area contributed by atoms with Crippen molar-refractivity contribution in [3.05, 3.63) is 52.1 Å². The Labute approximate surface area is 121 Å². The van der Waals surface area contributed by atoms with Gasteiger partial charge in [0.2, 0.25) is 5.88 Å². The minimum atomic E-state index is -0.522. The maximum absolute atomic E-state index is 10.9. The zero-order valence-electron chi connectivity index (χ0n) is 11.2. The molecule has 7 heteroatoms. The lowest BCUT2D eigenvalue weighted by Crippen LogP contribution is -2.02. The Morgan fingerprint density at radius 1 is 1.43 bits per heavy atom. The predicted octanol–water partition coefficient (Wildman–Crippen LogP) is 3.09. The first-order chi connectivity index (χ1) is 10.1. The fraction of sp³-hybridized carbons (Fsp3) is 0.143. The minimum absolute atomic E-state index is 0.0582. The van der Waals surface area contributed by atoms with Gasteiger partial charge < -0.3 is 10.1 Å². The van der Waals surface area contributed by atoms with Crippen molar-refractivity contribution in [1.29, 1.82) is 5.26 Å². The molecule has 0 saturated heterocycles. The fourth-order valence-electron chi connectivity index (χ4n) is 1.68. The number of benzene rings is 1. The quantitative estimate of drug-likeness (QED) is 0.668. The predicted molar refractivity (Wildman–Crippen MR) is 76.3 cm³/mol. The highest BCUT2D eigenvalue weighted by Gasteiger charge is 2.13. The van der Waals surface area contributed by atoms with Crippen LogP contribution in [-0.4, -0.2) is 16.5 Å². The summed E-state index contributed by atoms with van der Waals surface area (Å²) in [4.78, 5) is 14.5. The van der Waals surface area contributed by atoms with Gasteiger partial charge in [0, 0.05) is 6.54 Å². The number of hydrogen-bond acceptors (Lipinski definition) is 6. The number of aromatic nitrogens is 1. The van der Waals surface area contributed by atoms with Gasteiger partial charge in [-0.2, -0.15) is 10.2 Å². The van der Waals surface area contributed by atoms with Crippen LogP contribution in [0.4, 0.5) is 11.5 Å². The van der Waals surface area contributed by atoms with E-state index in [1.807, 2.05) is 13.0 Å². The maximum atomic E-state index is 10.9. The summed E-state index contributed by atoms with van der Waals surface area (Å²) in [6.07, 6.45) is 0. The molecule has 0 amide bonds. The lowest BCUT2D eigenvalue weighted by molar-refractivity contribution is -0.384. The van der Waals surface area contributed by atoms with Crippen LogP contribution in [0.25, 0.3) is 0 Å². The van der Waals surface area contributed by atoms with Gasteiger partial charge in [-0.3, -0.25) is 10.1 Å². The van der Waals surface area contributed by atoms with Crippen LogP contribution < -0.4 is 10.1 Å². The van der Waals surface area contributed by atoms with Crippen LogP contribution in [0.1, 0.15) is 12.5 Å². The molecule has 0 unspecified atom stereocenters. The molecule has 1 heterocycles. The molecule has 7 nitrogen and oxygen atoms in total. The lowest BCUT2D eigenvalue weighted by atomic mass is 10.2. The number of hydrogen-bond donors (Lipinski definition) is 1. The second kappa shape index (κ2) is 6.34. The third kappa shape index (κ3) is 3.45. The molecular weight excluding hydrogens is 272 g/mol. The Balaban J connectivity index is 2.39. The van der Waals surface area contributed by atoms with Crippen molar-refractivity contribution in [3.63, 3.8) is 0 Å². The molecule has 0 aliphatic carbocycles. The van der Waals surface area contributed by atoms with Gasteiger partial charge in [0.1, 0.15) is 17.6 Å². The van der Waals surface area contributed by atoms with E-state index >= 15 is 0 Å². The summed E-state index contributed by atoms with van der Waals surface area (Å²) < 4.78 is 5.50. The van der Waals surface area contributed by atoms with E-state index < -0.39 is 4.92 Å². The van der Waals surface area contributed by atoms with E-state index in [1.165, 1.54) is 12.1 Å².